The Labute approximate surface area is 95.4 Å². The molecule has 0 aromatic carbocycles. The largest absolute Gasteiger partial charge is 0.123 e. The van der Waals surface area contributed by atoms with E-state index in [1.165, 1.54) is 51.4 Å². The summed E-state index contributed by atoms with van der Waals surface area (Å²) in [5.74, 6) is 0.870. The molecule has 0 radical (unpaired) electrons. The first-order valence-electron chi connectivity index (χ1n) is 6.38. The van der Waals surface area contributed by atoms with E-state index in [1.54, 1.807) is 0 Å². The number of unbranched alkanes of at least 4 members (excludes halogenated alkanes) is 2. The zero-order valence-corrected chi connectivity index (χ0v) is 10.9. The third-order valence-electron chi connectivity index (χ3n) is 3.00. The van der Waals surface area contributed by atoms with Crippen molar-refractivity contribution >= 4 is 11.6 Å². The van der Waals surface area contributed by atoms with Gasteiger partial charge in [-0.25, -0.2) is 0 Å². The Bertz CT molecular complexity index is 112. The summed E-state index contributed by atoms with van der Waals surface area (Å²) in [7, 11) is 0. The van der Waals surface area contributed by atoms with Crippen molar-refractivity contribution in [2.45, 2.75) is 77.5 Å². The highest BCUT2D eigenvalue weighted by atomic mass is 35.5. The van der Waals surface area contributed by atoms with Crippen LogP contribution in [0.5, 0.6) is 0 Å². The predicted molar refractivity (Wildman–Crippen MR) is 67.1 cm³/mol. The smallest absolute Gasteiger partial charge is 0.0338 e. The molecule has 2 unspecified atom stereocenters. The second kappa shape index (κ2) is 9.83. The van der Waals surface area contributed by atoms with E-state index in [0.29, 0.717) is 5.38 Å². The summed E-state index contributed by atoms with van der Waals surface area (Å²) >= 11 is 6.31. The minimum atomic E-state index is 0.428. The molecule has 0 N–H and O–H groups in total. The second-order valence-electron chi connectivity index (χ2n) is 4.39. The van der Waals surface area contributed by atoms with E-state index in [0.717, 1.165) is 5.92 Å². The van der Waals surface area contributed by atoms with Gasteiger partial charge in [-0.1, -0.05) is 59.3 Å². The Hall–Kier alpha value is 0.290. The van der Waals surface area contributed by atoms with Crippen LogP contribution in [0.1, 0.15) is 72.1 Å². The molecule has 0 aromatic heterocycles. The third-order valence-corrected chi connectivity index (χ3v) is 3.40. The molecule has 0 saturated carbocycles. The van der Waals surface area contributed by atoms with Crippen LogP contribution in [0.25, 0.3) is 0 Å². The molecule has 0 aliphatic heterocycles. The highest BCUT2D eigenvalue weighted by Gasteiger charge is 2.12. The third kappa shape index (κ3) is 7.67. The van der Waals surface area contributed by atoms with E-state index in [1.807, 2.05) is 0 Å². The van der Waals surface area contributed by atoms with E-state index in [-0.39, 0.29) is 0 Å². The van der Waals surface area contributed by atoms with Gasteiger partial charge in [-0.05, 0) is 18.8 Å². The molecule has 0 bridgehead atoms. The quantitative estimate of drug-likeness (QED) is 0.455. The SMILES string of the molecule is CCCCC(Cl)CC(CC)CCCC. The fraction of sp³-hybridized carbons (Fsp3) is 1.00. The summed E-state index contributed by atoms with van der Waals surface area (Å²) in [6.45, 7) is 6.80. The van der Waals surface area contributed by atoms with Gasteiger partial charge in [0.25, 0.3) is 0 Å². The summed E-state index contributed by atoms with van der Waals surface area (Å²) in [5, 5.41) is 0.428. The highest BCUT2D eigenvalue weighted by molar-refractivity contribution is 6.20. The van der Waals surface area contributed by atoms with Crippen LogP contribution < -0.4 is 0 Å². The normalized spacial score (nSPS) is 15.4. The summed E-state index contributed by atoms with van der Waals surface area (Å²) in [6, 6.07) is 0. The van der Waals surface area contributed by atoms with Gasteiger partial charge in [-0.3, -0.25) is 0 Å². The molecular weight excluding hydrogens is 192 g/mol. The lowest BCUT2D eigenvalue weighted by molar-refractivity contribution is 0.405. The van der Waals surface area contributed by atoms with Gasteiger partial charge in [-0.15, -0.1) is 11.6 Å². The van der Waals surface area contributed by atoms with Crippen LogP contribution in [0.4, 0.5) is 0 Å². The molecule has 0 amide bonds. The van der Waals surface area contributed by atoms with Gasteiger partial charge < -0.3 is 0 Å². The van der Waals surface area contributed by atoms with Crippen LogP contribution in [0.2, 0.25) is 0 Å². The Balaban J connectivity index is 3.57. The molecule has 1 heteroatoms. The van der Waals surface area contributed by atoms with Crippen molar-refractivity contribution in [3.05, 3.63) is 0 Å². The molecule has 2 atom stereocenters. The van der Waals surface area contributed by atoms with Crippen molar-refractivity contribution in [2.24, 2.45) is 5.92 Å². The molecule has 0 aliphatic rings. The lowest BCUT2D eigenvalue weighted by Gasteiger charge is -2.17. The molecule has 0 nitrogen and oxygen atoms in total. The zero-order valence-electron chi connectivity index (χ0n) is 10.2. The average molecular weight is 219 g/mol. The van der Waals surface area contributed by atoms with Crippen molar-refractivity contribution in [2.75, 3.05) is 0 Å². The van der Waals surface area contributed by atoms with Gasteiger partial charge in [0.2, 0.25) is 0 Å². The minimum absolute atomic E-state index is 0.428. The Morgan fingerprint density at radius 1 is 0.929 bits per heavy atom. The Kier molecular flexibility index (Phi) is 10.0. The van der Waals surface area contributed by atoms with E-state index in [4.69, 9.17) is 11.6 Å². The lowest BCUT2D eigenvalue weighted by atomic mass is 9.93. The van der Waals surface area contributed by atoms with E-state index in [2.05, 4.69) is 20.8 Å². The first-order chi connectivity index (χ1) is 6.74. The van der Waals surface area contributed by atoms with Gasteiger partial charge in [0, 0.05) is 5.38 Å². The van der Waals surface area contributed by atoms with Gasteiger partial charge in [0.15, 0.2) is 0 Å². The number of alkyl halides is 1. The molecule has 14 heavy (non-hydrogen) atoms. The second-order valence-corrected chi connectivity index (χ2v) is 5.01. The monoisotopic (exact) mass is 218 g/mol. The predicted octanol–water partition coefficient (Wildman–Crippen LogP) is 5.39. The fourth-order valence-corrected chi connectivity index (χ4v) is 2.29. The zero-order chi connectivity index (χ0) is 10.8. The van der Waals surface area contributed by atoms with Crippen LogP contribution in [0.15, 0.2) is 0 Å². The van der Waals surface area contributed by atoms with Crippen LogP contribution in [0.3, 0.4) is 0 Å². The first kappa shape index (κ1) is 14.3. The topological polar surface area (TPSA) is 0 Å². The molecule has 0 heterocycles. The number of halogens is 1. The number of rotatable bonds is 9. The fourth-order valence-electron chi connectivity index (χ4n) is 1.89. The van der Waals surface area contributed by atoms with Crippen molar-refractivity contribution in [3.8, 4) is 0 Å². The minimum Gasteiger partial charge on any atom is -0.123 e. The molecule has 0 fully saturated rings. The average Bonchev–Trinajstić information content (AvgIpc) is 2.21. The maximum absolute atomic E-state index is 6.31. The molecule has 0 aliphatic carbocycles. The maximum atomic E-state index is 6.31. The Morgan fingerprint density at radius 3 is 2.00 bits per heavy atom. The van der Waals surface area contributed by atoms with E-state index >= 15 is 0 Å². The van der Waals surface area contributed by atoms with Crippen LogP contribution in [-0.4, -0.2) is 5.38 Å². The van der Waals surface area contributed by atoms with E-state index < -0.39 is 0 Å². The van der Waals surface area contributed by atoms with Crippen molar-refractivity contribution in [1.29, 1.82) is 0 Å². The summed E-state index contributed by atoms with van der Waals surface area (Å²) < 4.78 is 0. The first-order valence-corrected chi connectivity index (χ1v) is 6.82. The molecule has 0 rings (SSSR count). The summed E-state index contributed by atoms with van der Waals surface area (Å²) in [5.41, 5.74) is 0. The molecule has 0 saturated heterocycles. The van der Waals surface area contributed by atoms with Gasteiger partial charge in [0.05, 0.1) is 0 Å². The summed E-state index contributed by atoms with van der Waals surface area (Å²) in [4.78, 5) is 0. The van der Waals surface area contributed by atoms with Crippen LogP contribution in [0, 0.1) is 5.92 Å². The van der Waals surface area contributed by atoms with Crippen molar-refractivity contribution < 1.29 is 0 Å². The van der Waals surface area contributed by atoms with Gasteiger partial charge in [0.1, 0.15) is 0 Å². The number of hydrogen-bond acceptors (Lipinski definition) is 0. The molecular formula is C13H27Cl. The van der Waals surface area contributed by atoms with Gasteiger partial charge >= 0.3 is 0 Å². The maximum Gasteiger partial charge on any atom is 0.0338 e. The highest BCUT2D eigenvalue weighted by Crippen LogP contribution is 2.23. The molecule has 0 aromatic rings. The number of hydrogen-bond donors (Lipinski definition) is 0. The standard InChI is InChI=1S/C13H27Cl/c1-4-7-9-12(6-3)11-13(14)10-8-5-2/h12-13H,4-11H2,1-3H3. The Morgan fingerprint density at radius 2 is 1.50 bits per heavy atom. The van der Waals surface area contributed by atoms with Crippen molar-refractivity contribution in [3.63, 3.8) is 0 Å². The lowest BCUT2D eigenvalue weighted by Crippen LogP contribution is -2.08. The van der Waals surface area contributed by atoms with Crippen LogP contribution in [-0.2, 0) is 0 Å². The van der Waals surface area contributed by atoms with Crippen LogP contribution >= 0.6 is 11.6 Å². The van der Waals surface area contributed by atoms with E-state index in [9.17, 15) is 0 Å². The van der Waals surface area contributed by atoms with Gasteiger partial charge in [-0.2, -0.15) is 0 Å². The summed E-state index contributed by atoms with van der Waals surface area (Å²) in [6.07, 6.45) is 10.4. The molecule has 0 spiro atoms. The molecule has 86 valence electrons. The van der Waals surface area contributed by atoms with Crippen molar-refractivity contribution in [1.82, 2.24) is 0 Å².